The largest absolute Gasteiger partial charge is 0.497 e. The molecule has 0 heterocycles. The van der Waals surface area contributed by atoms with Crippen LogP contribution in [0, 0.1) is 5.41 Å². The van der Waals surface area contributed by atoms with Crippen molar-refractivity contribution >= 4 is 0 Å². The average molecular weight is 279 g/mol. The van der Waals surface area contributed by atoms with Crippen molar-refractivity contribution in [2.24, 2.45) is 5.41 Å². The quantitative estimate of drug-likeness (QED) is 0.895. The van der Waals surface area contributed by atoms with Gasteiger partial charge in [0.15, 0.2) is 0 Å². The van der Waals surface area contributed by atoms with Crippen LogP contribution in [0.5, 0.6) is 5.75 Å². The lowest BCUT2D eigenvalue weighted by molar-refractivity contribution is 0.0227. The zero-order chi connectivity index (χ0) is 15.5. The van der Waals surface area contributed by atoms with Crippen molar-refractivity contribution in [2.45, 2.75) is 52.8 Å². The van der Waals surface area contributed by atoms with Gasteiger partial charge in [-0.25, -0.2) is 0 Å². The predicted molar refractivity (Wildman–Crippen MR) is 84.1 cm³/mol. The molecule has 1 rings (SSSR count). The number of aliphatic hydroxyl groups is 1. The predicted octanol–water partition coefficient (Wildman–Crippen LogP) is 3.48. The van der Waals surface area contributed by atoms with Crippen molar-refractivity contribution < 1.29 is 9.84 Å². The zero-order valence-electron chi connectivity index (χ0n) is 13.8. The van der Waals surface area contributed by atoms with Crippen LogP contribution in [-0.4, -0.2) is 36.2 Å². The lowest BCUT2D eigenvalue weighted by Gasteiger charge is -2.40. The van der Waals surface area contributed by atoms with Crippen molar-refractivity contribution in [1.82, 2.24) is 4.90 Å². The van der Waals surface area contributed by atoms with E-state index in [2.05, 4.69) is 46.6 Å². The molecule has 114 valence electrons. The minimum Gasteiger partial charge on any atom is -0.497 e. The molecule has 0 aliphatic carbocycles. The Morgan fingerprint density at radius 2 is 1.60 bits per heavy atom. The summed E-state index contributed by atoms with van der Waals surface area (Å²) in [5.41, 5.74) is 1.11. The highest BCUT2D eigenvalue weighted by atomic mass is 16.5. The van der Waals surface area contributed by atoms with Gasteiger partial charge in [-0.3, -0.25) is 4.90 Å². The molecule has 1 aromatic carbocycles. The van der Waals surface area contributed by atoms with Gasteiger partial charge in [0, 0.05) is 12.1 Å². The Balaban J connectivity index is 2.82. The van der Waals surface area contributed by atoms with Crippen molar-refractivity contribution in [3.8, 4) is 5.75 Å². The van der Waals surface area contributed by atoms with Gasteiger partial charge >= 0.3 is 0 Å². The topological polar surface area (TPSA) is 32.7 Å². The maximum absolute atomic E-state index is 10.6. The van der Waals surface area contributed by atoms with E-state index in [1.165, 1.54) is 0 Å². The second-order valence-corrected chi connectivity index (χ2v) is 6.67. The molecule has 3 atom stereocenters. The number of hydrogen-bond donors (Lipinski definition) is 1. The molecule has 0 aliphatic rings. The van der Waals surface area contributed by atoms with Crippen LogP contribution in [0.1, 0.15) is 46.3 Å². The van der Waals surface area contributed by atoms with Crippen LogP contribution in [0.25, 0.3) is 0 Å². The minimum atomic E-state index is -0.504. The van der Waals surface area contributed by atoms with Gasteiger partial charge in [-0.1, -0.05) is 32.9 Å². The van der Waals surface area contributed by atoms with Crippen LogP contribution >= 0.6 is 0 Å². The van der Waals surface area contributed by atoms with Gasteiger partial charge in [-0.2, -0.15) is 0 Å². The third kappa shape index (κ3) is 3.97. The lowest BCUT2D eigenvalue weighted by Crippen LogP contribution is -2.46. The molecular formula is C17H29NO2. The Hall–Kier alpha value is -1.06. The fourth-order valence-corrected chi connectivity index (χ4v) is 2.27. The average Bonchev–Trinajstić information content (AvgIpc) is 2.43. The second-order valence-electron chi connectivity index (χ2n) is 6.67. The molecule has 3 unspecified atom stereocenters. The fourth-order valence-electron chi connectivity index (χ4n) is 2.27. The van der Waals surface area contributed by atoms with Crippen molar-refractivity contribution in [2.75, 3.05) is 14.2 Å². The monoisotopic (exact) mass is 279 g/mol. The maximum Gasteiger partial charge on any atom is 0.118 e. The molecule has 1 aromatic rings. The molecule has 0 radical (unpaired) electrons. The molecular weight excluding hydrogens is 250 g/mol. The number of hydrogen-bond acceptors (Lipinski definition) is 3. The Morgan fingerprint density at radius 3 is 2.00 bits per heavy atom. The van der Waals surface area contributed by atoms with Gasteiger partial charge in [0.05, 0.1) is 13.2 Å². The lowest BCUT2D eigenvalue weighted by atomic mass is 9.86. The highest BCUT2D eigenvalue weighted by Gasteiger charge is 2.30. The van der Waals surface area contributed by atoms with E-state index < -0.39 is 6.10 Å². The molecule has 0 aliphatic heterocycles. The van der Waals surface area contributed by atoms with Gasteiger partial charge in [0.25, 0.3) is 0 Å². The first-order valence-corrected chi connectivity index (χ1v) is 7.22. The molecule has 3 heteroatoms. The van der Waals surface area contributed by atoms with Crippen molar-refractivity contribution in [3.05, 3.63) is 29.8 Å². The van der Waals surface area contributed by atoms with Crippen molar-refractivity contribution in [3.63, 3.8) is 0 Å². The summed E-state index contributed by atoms with van der Waals surface area (Å²) in [7, 11) is 3.72. The molecule has 0 saturated carbocycles. The Kier molecular flexibility index (Phi) is 5.60. The van der Waals surface area contributed by atoms with E-state index in [0.29, 0.717) is 6.04 Å². The molecule has 0 amide bonds. The highest BCUT2D eigenvalue weighted by molar-refractivity contribution is 5.29. The van der Waals surface area contributed by atoms with Crippen LogP contribution in [0.4, 0.5) is 0 Å². The molecule has 0 saturated heterocycles. The summed E-state index contributed by atoms with van der Waals surface area (Å²) < 4.78 is 5.15. The van der Waals surface area contributed by atoms with E-state index >= 15 is 0 Å². The maximum atomic E-state index is 10.6. The molecule has 20 heavy (non-hydrogen) atoms. The normalized spacial score (nSPS) is 16.9. The number of benzene rings is 1. The molecule has 0 spiro atoms. The summed E-state index contributed by atoms with van der Waals surface area (Å²) in [6.07, 6.45) is -0.504. The summed E-state index contributed by atoms with van der Waals surface area (Å²) in [4.78, 5) is 2.24. The molecule has 0 bridgehead atoms. The first kappa shape index (κ1) is 17.0. The van der Waals surface area contributed by atoms with Crippen LogP contribution in [-0.2, 0) is 0 Å². The third-order valence-corrected chi connectivity index (χ3v) is 4.42. The second kappa shape index (κ2) is 6.59. The molecule has 3 nitrogen and oxygen atoms in total. The first-order chi connectivity index (χ1) is 9.18. The Morgan fingerprint density at radius 1 is 1.10 bits per heavy atom. The molecule has 0 aromatic heterocycles. The van der Waals surface area contributed by atoms with Gasteiger partial charge in [-0.15, -0.1) is 0 Å². The number of ether oxygens (including phenoxy) is 1. The number of methoxy groups -OCH3 is 1. The Bertz CT molecular complexity index is 408. The highest BCUT2D eigenvalue weighted by Crippen LogP contribution is 2.29. The SMILES string of the molecule is COc1ccc(C(O)C(C)N(C)C(C)C(C)(C)C)cc1. The van der Waals surface area contributed by atoms with Gasteiger partial charge < -0.3 is 9.84 Å². The van der Waals surface area contributed by atoms with E-state index in [-0.39, 0.29) is 11.5 Å². The van der Waals surface area contributed by atoms with Crippen LogP contribution in [0.15, 0.2) is 24.3 Å². The van der Waals surface area contributed by atoms with Crippen LogP contribution in [0.3, 0.4) is 0 Å². The Labute approximate surface area is 123 Å². The van der Waals surface area contributed by atoms with Crippen LogP contribution in [0.2, 0.25) is 0 Å². The van der Waals surface area contributed by atoms with E-state index in [1.807, 2.05) is 24.3 Å². The number of aliphatic hydroxyl groups excluding tert-OH is 1. The number of likely N-dealkylation sites (N-methyl/N-ethyl adjacent to an activating group) is 1. The van der Waals surface area contributed by atoms with E-state index in [0.717, 1.165) is 11.3 Å². The summed E-state index contributed by atoms with van der Waals surface area (Å²) in [6.45, 7) is 10.9. The standard InChI is InChI=1S/C17H29NO2/c1-12(18(6)13(2)17(3,4)5)16(19)14-8-10-15(20-7)11-9-14/h8-13,16,19H,1-7H3. The number of rotatable bonds is 5. The summed E-state index contributed by atoms with van der Waals surface area (Å²) in [5, 5.41) is 10.6. The van der Waals surface area contributed by atoms with Gasteiger partial charge in [0.1, 0.15) is 5.75 Å². The molecule has 1 N–H and O–H groups in total. The minimum absolute atomic E-state index is 0.0534. The summed E-state index contributed by atoms with van der Waals surface area (Å²) in [6, 6.07) is 8.06. The summed E-state index contributed by atoms with van der Waals surface area (Å²) >= 11 is 0. The zero-order valence-corrected chi connectivity index (χ0v) is 13.8. The fraction of sp³-hybridized carbons (Fsp3) is 0.647. The molecule has 0 fully saturated rings. The van der Waals surface area contributed by atoms with Gasteiger partial charge in [-0.05, 0) is 44.0 Å². The third-order valence-electron chi connectivity index (χ3n) is 4.42. The van der Waals surface area contributed by atoms with E-state index in [4.69, 9.17) is 4.74 Å². The van der Waals surface area contributed by atoms with E-state index in [9.17, 15) is 5.11 Å². The van der Waals surface area contributed by atoms with Crippen molar-refractivity contribution in [1.29, 1.82) is 0 Å². The first-order valence-electron chi connectivity index (χ1n) is 7.22. The smallest absolute Gasteiger partial charge is 0.118 e. The van der Waals surface area contributed by atoms with E-state index in [1.54, 1.807) is 7.11 Å². The number of nitrogens with zero attached hydrogens (tertiary/aromatic N) is 1. The van der Waals surface area contributed by atoms with Gasteiger partial charge in [0.2, 0.25) is 0 Å². The van der Waals surface area contributed by atoms with Crippen LogP contribution < -0.4 is 4.74 Å². The summed E-state index contributed by atoms with van der Waals surface area (Å²) in [5.74, 6) is 0.810.